The van der Waals surface area contributed by atoms with Crippen LogP contribution in [0.2, 0.25) is 0 Å². The molecule has 3 rings (SSSR count). The number of amides is 1. The maximum atomic E-state index is 12.8. The minimum absolute atomic E-state index is 0.0605. The van der Waals surface area contributed by atoms with Crippen molar-refractivity contribution in [3.63, 3.8) is 0 Å². The summed E-state index contributed by atoms with van der Waals surface area (Å²) >= 11 is 0. The van der Waals surface area contributed by atoms with Gasteiger partial charge in [0.25, 0.3) is 0 Å². The Labute approximate surface area is 148 Å². The van der Waals surface area contributed by atoms with Gasteiger partial charge in [-0.1, -0.05) is 42.8 Å². The molecule has 0 spiro atoms. The van der Waals surface area contributed by atoms with Crippen molar-refractivity contribution >= 4 is 17.4 Å². The van der Waals surface area contributed by atoms with Crippen molar-refractivity contribution in [2.24, 2.45) is 0 Å². The summed E-state index contributed by atoms with van der Waals surface area (Å²) in [5.41, 5.74) is 2.76. The van der Waals surface area contributed by atoms with E-state index in [1.54, 1.807) is 18.2 Å². The SMILES string of the molecule is Cc1ccc(C(=O)c2ccccc2)c(NC(=O)CN2CCCCC2)c1. The van der Waals surface area contributed by atoms with E-state index in [1.807, 2.05) is 37.3 Å². The van der Waals surface area contributed by atoms with Gasteiger partial charge in [0.05, 0.1) is 12.2 Å². The molecule has 4 heteroatoms. The molecule has 0 atom stereocenters. The molecular formula is C21H24N2O2. The van der Waals surface area contributed by atoms with Gasteiger partial charge in [0.1, 0.15) is 0 Å². The zero-order valence-corrected chi connectivity index (χ0v) is 14.6. The second-order valence-electron chi connectivity index (χ2n) is 6.63. The fourth-order valence-corrected chi connectivity index (χ4v) is 3.21. The molecule has 2 aromatic carbocycles. The van der Waals surface area contributed by atoms with Gasteiger partial charge >= 0.3 is 0 Å². The van der Waals surface area contributed by atoms with E-state index in [0.29, 0.717) is 23.4 Å². The summed E-state index contributed by atoms with van der Waals surface area (Å²) in [7, 11) is 0. The fraction of sp³-hybridized carbons (Fsp3) is 0.333. The van der Waals surface area contributed by atoms with E-state index >= 15 is 0 Å². The van der Waals surface area contributed by atoms with Gasteiger partial charge in [0, 0.05) is 11.1 Å². The van der Waals surface area contributed by atoms with Gasteiger partial charge in [-0.2, -0.15) is 0 Å². The highest BCUT2D eigenvalue weighted by Gasteiger charge is 2.18. The molecule has 1 heterocycles. The molecule has 4 nitrogen and oxygen atoms in total. The van der Waals surface area contributed by atoms with Crippen LogP contribution in [0.4, 0.5) is 5.69 Å². The number of ketones is 1. The van der Waals surface area contributed by atoms with Crippen molar-refractivity contribution in [1.29, 1.82) is 0 Å². The lowest BCUT2D eigenvalue weighted by Crippen LogP contribution is -2.37. The molecule has 1 saturated heterocycles. The monoisotopic (exact) mass is 336 g/mol. The highest BCUT2D eigenvalue weighted by Crippen LogP contribution is 2.21. The summed E-state index contributed by atoms with van der Waals surface area (Å²) in [5, 5.41) is 2.95. The van der Waals surface area contributed by atoms with Gasteiger partial charge in [-0.25, -0.2) is 0 Å². The van der Waals surface area contributed by atoms with Crippen LogP contribution in [0.3, 0.4) is 0 Å². The number of benzene rings is 2. The highest BCUT2D eigenvalue weighted by molar-refractivity contribution is 6.14. The Bertz CT molecular complexity index is 750. The standard InChI is InChI=1S/C21H24N2O2/c1-16-10-11-18(21(25)17-8-4-2-5-9-17)19(14-16)22-20(24)15-23-12-6-3-7-13-23/h2,4-5,8-11,14H,3,6-7,12-13,15H2,1H3,(H,22,24). The van der Waals surface area contributed by atoms with Gasteiger partial charge in [0.15, 0.2) is 5.78 Å². The normalized spacial score (nSPS) is 14.9. The van der Waals surface area contributed by atoms with E-state index in [-0.39, 0.29) is 11.7 Å². The minimum Gasteiger partial charge on any atom is -0.324 e. The molecule has 130 valence electrons. The Morgan fingerprint density at radius 3 is 2.44 bits per heavy atom. The first-order chi connectivity index (χ1) is 12.1. The van der Waals surface area contributed by atoms with Gasteiger partial charge in [-0.15, -0.1) is 0 Å². The summed E-state index contributed by atoms with van der Waals surface area (Å²) in [6.45, 7) is 4.28. The van der Waals surface area contributed by atoms with Gasteiger partial charge in [0.2, 0.25) is 5.91 Å². The summed E-state index contributed by atoms with van der Waals surface area (Å²) < 4.78 is 0. The predicted molar refractivity (Wildman–Crippen MR) is 100.0 cm³/mol. The number of likely N-dealkylation sites (tertiary alicyclic amines) is 1. The molecule has 0 radical (unpaired) electrons. The highest BCUT2D eigenvalue weighted by atomic mass is 16.2. The smallest absolute Gasteiger partial charge is 0.238 e. The van der Waals surface area contributed by atoms with Crippen molar-refractivity contribution in [3.05, 3.63) is 65.2 Å². The molecule has 0 aromatic heterocycles. The molecule has 1 aliphatic heterocycles. The van der Waals surface area contributed by atoms with Gasteiger partial charge in [-0.05, 0) is 50.6 Å². The summed E-state index contributed by atoms with van der Waals surface area (Å²) in [4.78, 5) is 27.4. The number of rotatable bonds is 5. The van der Waals surface area contributed by atoms with Gasteiger partial charge < -0.3 is 5.32 Å². The second kappa shape index (κ2) is 8.08. The lowest BCUT2D eigenvalue weighted by atomic mass is 10.00. The van der Waals surface area contributed by atoms with Crippen molar-refractivity contribution in [2.45, 2.75) is 26.2 Å². The lowest BCUT2D eigenvalue weighted by molar-refractivity contribution is -0.117. The van der Waals surface area contributed by atoms with Crippen molar-refractivity contribution in [2.75, 3.05) is 25.0 Å². The molecule has 0 bridgehead atoms. The topological polar surface area (TPSA) is 49.4 Å². The Balaban J connectivity index is 1.77. The Morgan fingerprint density at radius 1 is 1.00 bits per heavy atom. The number of aryl methyl sites for hydroxylation is 1. The first-order valence-corrected chi connectivity index (χ1v) is 8.86. The Kier molecular flexibility index (Phi) is 5.61. The molecule has 0 unspecified atom stereocenters. The van der Waals surface area contributed by atoms with Crippen LogP contribution >= 0.6 is 0 Å². The number of hydrogen-bond acceptors (Lipinski definition) is 3. The van der Waals surface area contributed by atoms with E-state index in [0.717, 1.165) is 31.5 Å². The molecular weight excluding hydrogens is 312 g/mol. The van der Waals surface area contributed by atoms with E-state index in [2.05, 4.69) is 10.2 Å². The predicted octanol–water partition coefficient (Wildman–Crippen LogP) is 3.65. The molecule has 1 aliphatic rings. The number of carbonyl (C=O) groups excluding carboxylic acids is 2. The van der Waals surface area contributed by atoms with Crippen LogP contribution in [0.15, 0.2) is 48.5 Å². The van der Waals surface area contributed by atoms with E-state index < -0.39 is 0 Å². The zero-order chi connectivity index (χ0) is 17.6. The zero-order valence-electron chi connectivity index (χ0n) is 14.6. The first-order valence-electron chi connectivity index (χ1n) is 8.86. The third kappa shape index (κ3) is 4.54. The number of nitrogens with one attached hydrogen (secondary N) is 1. The Hall–Kier alpha value is -2.46. The third-order valence-electron chi connectivity index (χ3n) is 4.55. The summed E-state index contributed by atoms with van der Waals surface area (Å²) in [6, 6.07) is 14.7. The quantitative estimate of drug-likeness (QED) is 0.848. The van der Waals surface area contributed by atoms with Crippen LogP contribution in [0.5, 0.6) is 0 Å². The number of hydrogen-bond donors (Lipinski definition) is 1. The molecule has 2 aromatic rings. The molecule has 1 amide bonds. The number of nitrogens with zero attached hydrogens (tertiary/aromatic N) is 1. The van der Waals surface area contributed by atoms with Crippen LogP contribution in [0, 0.1) is 6.92 Å². The lowest BCUT2D eigenvalue weighted by Gasteiger charge is -2.25. The van der Waals surface area contributed by atoms with Crippen molar-refractivity contribution < 1.29 is 9.59 Å². The van der Waals surface area contributed by atoms with E-state index in [1.165, 1.54) is 6.42 Å². The van der Waals surface area contributed by atoms with Crippen LogP contribution in [0.25, 0.3) is 0 Å². The average molecular weight is 336 g/mol. The maximum Gasteiger partial charge on any atom is 0.238 e. The van der Waals surface area contributed by atoms with Crippen LogP contribution in [-0.2, 0) is 4.79 Å². The summed E-state index contributed by atoms with van der Waals surface area (Å²) in [5.74, 6) is -0.136. The second-order valence-corrected chi connectivity index (χ2v) is 6.63. The molecule has 25 heavy (non-hydrogen) atoms. The third-order valence-corrected chi connectivity index (χ3v) is 4.55. The van der Waals surface area contributed by atoms with E-state index in [9.17, 15) is 9.59 Å². The summed E-state index contributed by atoms with van der Waals surface area (Å²) in [6.07, 6.45) is 3.54. The number of carbonyl (C=O) groups is 2. The fourth-order valence-electron chi connectivity index (χ4n) is 3.21. The molecule has 1 fully saturated rings. The average Bonchev–Trinajstić information content (AvgIpc) is 2.63. The van der Waals surface area contributed by atoms with Gasteiger partial charge in [-0.3, -0.25) is 14.5 Å². The van der Waals surface area contributed by atoms with Crippen molar-refractivity contribution in [3.8, 4) is 0 Å². The number of piperidine rings is 1. The molecule has 0 saturated carbocycles. The molecule has 0 aliphatic carbocycles. The minimum atomic E-state index is -0.0751. The Morgan fingerprint density at radius 2 is 1.72 bits per heavy atom. The number of anilines is 1. The van der Waals surface area contributed by atoms with Crippen LogP contribution < -0.4 is 5.32 Å². The van der Waals surface area contributed by atoms with Crippen molar-refractivity contribution in [1.82, 2.24) is 4.90 Å². The van der Waals surface area contributed by atoms with Crippen LogP contribution in [-0.4, -0.2) is 36.2 Å². The largest absolute Gasteiger partial charge is 0.324 e. The molecule has 1 N–H and O–H groups in total. The van der Waals surface area contributed by atoms with E-state index in [4.69, 9.17) is 0 Å². The maximum absolute atomic E-state index is 12.8. The first kappa shape index (κ1) is 17.4. The van der Waals surface area contributed by atoms with Crippen LogP contribution in [0.1, 0.15) is 40.7 Å².